The Morgan fingerprint density at radius 2 is 1.75 bits per heavy atom. The molecular formula is C17H15NO2. The number of hydrogen-bond donors (Lipinski definition) is 0. The number of benzene rings is 2. The highest BCUT2D eigenvalue weighted by Gasteiger charge is 2.15. The first-order chi connectivity index (χ1) is 9.76. The first-order valence-corrected chi connectivity index (χ1v) is 6.43. The molecule has 0 fully saturated rings. The number of aromatic nitrogens is 1. The second-order valence-electron chi connectivity index (χ2n) is 4.68. The largest absolute Gasteiger partial charge is 0.497 e. The molecule has 3 nitrogen and oxygen atoms in total. The van der Waals surface area contributed by atoms with E-state index in [-0.39, 0.29) is 0 Å². The zero-order valence-corrected chi connectivity index (χ0v) is 11.5. The van der Waals surface area contributed by atoms with E-state index in [1.807, 2.05) is 55.6 Å². The number of aldehydes is 1. The van der Waals surface area contributed by atoms with E-state index in [1.165, 1.54) is 0 Å². The van der Waals surface area contributed by atoms with Crippen LogP contribution in [0.4, 0.5) is 0 Å². The van der Waals surface area contributed by atoms with Crippen molar-refractivity contribution in [3.05, 3.63) is 54.1 Å². The summed E-state index contributed by atoms with van der Waals surface area (Å²) in [5.41, 5.74) is 3.73. The third-order valence-electron chi connectivity index (χ3n) is 3.63. The number of carbonyl (C=O) groups is 1. The Balaban J connectivity index is 2.29. The van der Waals surface area contributed by atoms with E-state index in [0.717, 1.165) is 39.8 Å². The molecule has 0 saturated heterocycles. The van der Waals surface area contributed by atoms with Gasteiger partial charge in [0, 0.05) is 23.5 Å². The van der Waals surface area contributed by atoms with Gasteiger partial charge in [-0.3, -0.25) is 4.79 Å². The molecule has 0 aliphatic rings. The highest BCUT2D eigenvalue weighted by Crippen LogP contribution is 2.32. The van der Waals surface area contributed by atoms with Gasteiger partial charge in [-0.15, -0.1) is 0 Å². The maximum atomic E-state index is 11.5. The zero-order valence-electron chi connectivity index (χ0n) is 11.5. The Morgan fingerprint density at radius 3 is 2.40 bits per heavy atom. The van der Waals surface area contributed by atoms with Crippen LogP contribution < -0.4 is 4.74 Å². The third-order valence-corrected chi connectivity index (χ3v) is 3.63. The third kappa shape index (κ3) is 1.79. The quantitative estimate of drug-likeness (QED) is 0.677. The monoisotopic (exact) mass is 265 g/mol. The fraction of sp³-hybridized carbons (Fsp3) is 0.118. The van der Waals surface area contributed by atoms with Gasteiger partial charge in [-0.1, -0.05) is 18.2 Å². The fourth-order valence-electron chi connectivity index (χ4n) is 2.64. The van der Waals surface area contributed by atoms with Crippen LogP contribution in [-0.2, 0) is 7.05 Å². The molecule has 20 heavy (non-hydrogen) atoms. The minimum Gasteiger partial charge on any atom is -0.497 e. The molecule has 0 radical (unpaired) electrons. The number of rotatable bonds is 3. The van der Waals surface area contributed by atoms with E-state index in [4.69, 9.17) is 4.74 Å². The SMILES string of the molecule is COc1ccc(-c2c(C=O)c3ccccc3n2C)cc1. The number of ether oxygens (including phenoxy) is 1. The Labute approximate surface area is 117 Å². The molecule has 0 saturated carbocycles. The van der Waals surface area contributed by atoms with Crippen LogP contribution in [0.15, 0.2) is 48.5 Å². The molecule has 0 amide bonds. The molecule has 0 spiro atoms. The molecule has 0 N–H and O–H groups in total. The Morgan fingerprint density at radius 1 is 1.05 bits per heavy atom. The molecule has 2 aromatic carbocycles. The van der Waals surface area contributed by atoms with Gasteiger partial charge in [0.2, 0.25) is 0 Å². The molecule has 0 atom stereocenters. The molecule has 0 aliphatic heterocycles. The lowest BCUT2D eigenvalue weighted by Crippen LogP contribution is -1.93. The lowest BCUT2D eigenvalue weighted by Gasteiger charge is -2.07. The van der Waals surface area contributed by atoms with E-state index in [9.17, 15) is 4.79 Å². The molecule has 3 aromatic rings. The van der Waals surface area contributed by atoms with Gasteiger partial charge < -0.3 is 9.30 Å². The minimum absolute atomic E-state index is 0.730. The zero-order chi connectivity index (χ0) is 14.1. The summed E-state index contributed by atoms with van der Waals surface area (Å²) >= 11 is 0. The van der Waals surface area contributed by atoms with Crippen LogP contribution in [0.1, 0.15) is 10.4 Å². The highest BCUT2D eigenvalue weighted by atomic mass is 16.5. The van der Waals surface area contributed by atoms with Crippen molar-refractivity contribution >= 4 is 17.2 Å². The van der Waals surface area contributed by atoms with Gasteiger partial charge in [0.25, 0.3) is 0 Å². The van der Waals surface area contributed by atoms with Crippen LogP contribution in [0.5, 0.6) is 5.75 Å². The Bertz CT molecular complexity index is 770. The summed E-state index contributed by atoms with van der Waals surface area (Å²) in [6, 6.07) is 15.7. The summed E-state index contributed by atoms with van der Waals surface area (Å²) in [4.78, 5) is 11.5. The second-order valence-corrected chi connectivity index (χ2v) is 4.68. The van der Waals surface area contributed by atoms with Gasteiger partial charge in [0.15, 0.2) is 6.29 Å². The number of methoxy groups -OCH3 is 1. The molecule has 3 heteroatoms. The number of aryl methyl sites for hydroxylation is 1. The van der Waals surface area contributed by atoms with E-state index >= 15 is 0 Å². The summed E-state index contributed by atoms with van der Waals surface area (Å²) in [6.45, 7) is 0. The molecule has 1 aromatic heterocycles. The first kappa shape index (κ1) is 12.5. The van der Waals surface area contributed by atoms with Gasteiger partial charge in [-0.25, -0.2) is 0 Å². The Kier molecular flexibility index (Phi) is 3.03. The van der Waals surface area contributed by atoms with E-state index in [1.54, 1.807) is 7.11 Å². The smallest absolute Gasteiger partial charge is 0.152 e. The van der Waals surface area contributed by atoms with E-state index in [2.05, 4.69) is 4.57 Å². The molecule has 0 bridgehead atoms. The van der Waals surface area contributed by atoms with Crippen LogP contribution >= 0.6 is 0 Å². The highest BCUT2D eigenvalue weighted by molar-refractivity contribution is 6.04. The first-order valence-electron chi connectivity index (χ1n) is 6.43. The predicted molar refractivity (Wildman–Crippen MR) is 80.3 cm³/mol. The van der Waals surface area contributed by atoms with Gasteiger partial charge in [0.1, 0.15) is 5.75 Å². The van der Waals surface area contributed by atoms with E-state index in [0.29, 0.717) is 0 Å². The number of nitrogens with zero attached hydrogens (tertiary/aromatic N) is 1. The number of para-hydroxylation sites is 1. The molecule has 100 valence electrons. The van der Waals surface area contributed by atoms with Crippen molar-refractivity contribution in [3.63, 3.8) is 0 Å². The van der Waals surface area contributed by atoms with Crippen molar-refractivity contribution in [1.29, 1.82) is 0 Å². The van der Waals surface area contributed by atoms with Crippen molar-refractivity contribution in [1.82, 2.24) is 4.57 Å². The average Bonchev–Trinajstić information content (AvgIpc) is 2.80. The predicted octanol–water partition coefficient (Wildman–Crippen LogP) is 3.67. The second kappa shape index (κ2) is 4.85. The maximum absolute atomic E-state index is 11.5. The fourth-order valence-corrected chi connectivity index (χ4v) is 2.64. The molecule has 3 rings (SSSR count). The van der Waals surface area contributed by atoms with Gasteiger partial charge >= 0.3 is 0 Å². The maximum Gasteiger partial charge on any atom is 0.152 e. The van der Waals surface area contributed by atoms with Crippen molar-refractivity contribution in [2.45, 2.75) is 0 Å². The summed E-state index contributed by atoms with van der Waals surface area (Å²) in [7, 11) is 3.62. The molecule has 0 aliphatic carbocycles. The molecule has 0 unspecified atom stereocenters. The lowest BCUT2D eigenvalue weighted by atomic mass is 10.1. The molecular weight excluding hydrogens is 250 g/mol. The van der Waals surface area contributed by atoms with Crippen molar-refractivity contribution < 1.29 is 9.53 Å². The van der Waals surface area contributed by atoms with Crippen LogP contribution in [0.3, 0.4) is 0 Å². The van der Waals surface area contributed by atoms with E-state index < -0.39 is 0 Å². The molecule has 1 heterocycles. The topological polar surface area (TPSA) is 31.2 Å². The van der Waals surface area contributed by atoms with Crippen LogP contribution in [0.25, 0.3) is 22.2 Å². The standard InChI is InChI=1S/C17H15NO2/c1-18-16-6-4-3-5-14(16)15(11-19)17(18)12-7-9-13(20-2)10-8-12/h3-11H,1-2H3. The van der Waals surface area contributed by atoms with Gasteiger partial charge in [0.05, 0.1) is 12.8 Å². The number of carbonyl (C=O) groups excluding carboxylic acids is 1. The average molecular weight is 265 g/mol. The summed E-state index contributed by atoms with van der Waals surface area (Å²) in [5, 5.41) is 0.982. The van der Waals surface area contributed by atoms with Crippen molar-refractivity contribution in [3.8, 4) is 17.0 Å². The van der Waals surface area contributed by atoms with Crippen LogP contribution in [0, 0.1) is 0 Å². The van der Waals surface area contributed by atoms with Gasteiger partial charge in [-0.05, 0) is 35.9 Å². The Hall–Kier alpha value is -2.55. The van der Waals surface area contributed by atoms with Crippen LogP contribution in [0.2, 0.25) is 0 Å². The number of fused-ring (bicyclic) bond motifs is 1. The lowest BCUT2D eigenvalue weighted by molar-refractivity contribution is 0.112. The van der Waals surface area contributed by atoms with Gasteiger partial charge in [-0.2, -0.15) is 0 Å². The summed E-state index contributed by atoms with van der Waals surface area (Å²) in [5.74, 6) is 0.806. The summed E-state index contributed by atoms with van der Waals surface area (Å²) in [6.07, 6.45) is 0.932. The minimum atomic E-state index is 0.730. The van der Waals surface area contributed by atoms with Crippen molar-refractivity contribution in [2.75, 3.05) is 7.11 Å². The normalized spacial score (nSPS) is 10.7. The number of hydrogen-bond acceptors (Lipinski definition) is 2. The van der Waals surface area contributed by atoms with Crippen LogP contribution in [-0.4, -0.2) is 18.0 Å². The summed E-state index contributed by atoms with van der Waals surface area (Å²) < 4.78 is 7.23. The van der Waals surface area contributed by atoms with Crippen molar-refractivity contribution in [2.24, 2.45) is 7.05 Å².